The fourth-order valence-corrected chi connectivity index (χ4v) is 2.16. The van der Waals surface area contributed by atoms with Crippen LogP contribution in [0, 0.1) is 5.92 Å². The fraction of sp³-hybridized carbons (Fsp3) is 0.900. The smallest absolute Gasteiger partial charge is 0.137 e. The molecule has 1 aliphatic heterocycles. The first-order valence-electron chi connectivity index (χ1n) is 4.95. The Balaban J connectivity index is 2.52. The third-order valence-electron chi connectivity index (χ3n) is 2.72. The number of carbonyl (C=O) groups excluding carboxylic acids is 1. The fourth-order valence-electron chi connectivity index (χ4n) is 2.16. The molecule has 3 heteroatoms. The lowest BCUT2D eigenvalue weighted by Crippen LogP contribution is -2.42. The van der Waals surface area contributed by atoms with Crippen molar-refractivity contribution in [3.8, 4) is 0 Å². The molecule has 1 aliphatic rings. The second kappa shape index (κ2) is 4.72. The van der Waals surface area contributed by atoms with Gasteiger partial charge in [0.15, 0.2) is 0 Å². The topological polar surface area (TPSA) is 38.3 Å². The summed E-state index contributed by atoms with van der Waals surface area (Å²) in [4.78, 5) is 10.7. The Kier molecular flexibility index (Phi) is 3.88. The van der Waals surface area contributed by atoms with E-state index in [9.17, 15) is 4.79 Å². The lowest BCUT2D eigenvalue weighted by atomic mass is 9.87. The number of carbonyl (C=O) groups is 1. The summed E-state index contributed by atoms with van der Waals surface area (Å²) in [6, 6.07) is -0.00574. The molecular formula is C10H19NO2. The van der Waals surface area contributed by atoms with Crippen LogP contribution in [0.2, 0.25) is 0 Å². The number of nitrogens with one attached hydrogen (secondary N) is 1. The Morgan fingerprint density at radius 2 is 1.92 bits per heavy atom. The molecule has 1 saturated heterocycles. The molecule has 0 aromatic heterocycles. The van der Waals surface area contributed by atoms with Gasteiger partial charge in [-0.15, -0.1) is 0 Å². The van der Waals surface area contributed by atoms with Crippen molar-refractivity contribution in [2.75, 3.05) is 7.05 Å². The zero-order valence-corrected chi connectivity index (χ0v) is 8.62. The maximum Gasteiger partial charge on any atom is 0.137 e. The van der Waals surface area contributed by atoms with Crippen molar-refractivity contribution in [1.29, 1.82) is 0 Å². The quantitative estimate of drug-likeness (QED) is 0.666. The van der Waals surface area contributed by atoms with Gasteiger partial charge in [-0.3, -0.25) is 0 Å². The van der Waals surface area contributed by atoms with E-state index in [2.05, 4.69) is 19.2 Å². The van der Waals surface area contributed by atoms with E-state index in [1.807, 2.05) is 7.05 Å². The van der Waals surface area contributed by atoms with Gasteiger partial charge in [-0.05, 0) is 39.7 Å². The Morgan fingerprint density at radius 1 is 1.38 bits per heavy atom. The van der Waals surface area contributed by atoms with Crippen molar-refractivity contribution in [1.82, 2.24) is 5.32 Å². The van der Waals surface area contributed by atoms with Crippen molar-refractivity contribution < 1.29 is 9.53 Å². The number of hydrogen-bond acceptors (Lipinski definition) is 3. The molecule has 3 nitrogen and oxygen atoms in total. The molecule has 4 atom stereocenters. The van der Waals surface area contributed by atoms with Crippen molar-refractivity contribution in [3.05, 3.63) is 0 Å². The summed E-state index contributed by atoms with van der Waals surface area (Å²) >= 11 is 0. The lowest BCUT2D eigenvalue weighted by Gasteiger charge is -2.34. The van der Waals surface area contributed by atoms with Gasteiger partial charge in [-0.1, -0.05) is 0 Å². The van der Waals surface area contributed by atoms with Gasteiger partial charge < -0.3 is 14.8 Å². The third kappa shape index (κ3) is 2.78. The third-order valence-corrected chi connectivity index (χ3v) is 2.72. The van der Waals surface area contributed by atoms with Crippen molar-refractivity contribution in [2.45, 2.75) is 44.9 Å². The molecular weight excluding hydrogens is 166 g/mol. The first kappa shape index (κ1) is 10.7. The number of ether oxygens (including phenoxy) is 1. The minimum Gasteiger partial charge on any atom is -0.376 e. The van der Waals surface area contributed by atoms with Gasteiger partial charge in [-0.2, -0.15) is 0 Å². The summed E-state index contributed by atoms with van der Waals surface area (Å²) in [5.74, 6) is 0.432. The van der Waals surface area contributed by atoms with Gasteiger partial charge in [-0.25, -0.2) is 0 Å². The van der Waals surface area contributed by atoms with Crippen LogP contribution in [-0.2, 0) is 9.53 Å². The summed E-state index contributed by atoms with van der Waals surface area (Å²) in [5.41, 5.74) is 0. The second-order valence-corrected chi connectivity index (χ2v) is 3.94. The minimum atomic E-state index is -0.00574. The van der Waals surface area contributed by atoms with Gasteiger partial charge in [0, 0.05) is 0 Å². The number of hydrogen-bond donors (Lipinski definition) is 1. The largest absolute Gasteiger partial charge is 0.376 e. The maximum atomic E-state index is 10.7. The number of aldehydes is 1. The second-order valence-electron chi connectivity index (χ2n) is 3.94. The summed E-state index contributed by atoms with van der Waals surface area (Å²) in [6.45, 7) is 4.14. The first-order valence-corrected chi connectivity index (χ1v) is 4.95. The molecule has 3 unspecified atom stereocenters. The van der Waals surface area contributed by atoms with Gasteiger partial charge in [0.05, 0.1) is 18.2 Å². The zero-order chi connectivity index (χ0) is 9.84. The summed E-state index contributed by atoms with van der Waals surface area (Å²) < 4.78 is 5.61. The van der Waals surface area contributed by atoms with Crippen molar-refractivity contribution >= 4 is 6.29 Å². The van der Waals surface area contributed by atoms with Crippen molar-refractivity contribution in [3.63, 3.8) is 0 Å². The molecule has 1 N–H and O–H groups in total. The van der Waals surface area contributed by atoms with Gasteiger partial charge in [0.1, 0.15) is 6.29 Å². The Bertz CT molecular complexity index is 162. The van der Waals surface area contributed by atoms with E-state index < -0.39 is 0 Å². The van der Waals surface area contributed by atoms with Crippen LogP contribution in [0.4, 0.5) is 0 Å². The van der Waals surface area contributed by atoms with E-state index in [1.54, 1.807) is 0 Å². The predicted molar refractivity (Wildman–Crippen MR) is 51.6 cm³/mol. The van der Waals surface area contributed by atoms with Crippen LogP contribution >= 0.6 is 0 Å². The molecule has 0 aromatic carbocycles. The highest BCUT2D eigenvalue weighted by Gasteiger charge is 2.29. The Hall–Kier alpha value is -0.410. The molecule has 13 heavy (non-hydrogen) atoms. The lowest BCUT2D eigenvalue weighted by molar-refractivity contribution is -0.113. The van der Waals surface area contributed by atoms with Crippen LogP contribution < -0.4 is 5.32 Å². The summed E-state index contributed by atoms with van der Waals surface area (Å²) in [6.07, 6.45) is 3.53. The molecule has 76 valence electrons. The number of likely N-dealkylation sites (N-methyl/N-ethyl adjacent to an activating group) is 1. The van der Waals surface area contributed by atoms with Gasteiger partial charge in [0.25, 0.3) is 0 Å². The monoisotopic (exact) mass is 185 g/mol. The standard InChI is InChI=1S/C10H19NO2/c1-7-4-9(5-8(2)13-7)10(6-12)11-3/h6-11H,4-5H2,1-3H3/t7-,8?,9?,10?/m1/s1. The molecule has 0 aliphatic carbocycles. The molecule has 0 bridgehead atoms. The molecule has 0 aromatic rings. The van der Waals surface area contributed by atoms with Crippen LogP contribution in [0.3, 0.4) is 0 Å². The molecule has 0 saturated carbocycles. The van der Waals surface area contributed by atoms with E-state index in [0.717, 1.165) is 19.1 Å². The molecule has 1 rings (SSSR count). The van der Waals surface area contributed by atoms with E-state index in [-0.39, 0.29) is 18.2 Å². The average molecular weight is 185 g/mol. The highest BCUT2D eigenvalue weighted by molar-refractivity contribution is 5.58. The van der Waals surface area contributed by atoms with E-state index in [1.165, 1.54) is 0 Å². The van der Waals surface area contributed by atoms with E-state index >= 15 is 0 Å². The van der Waals surface area contributed by atoms with Crippen LogP contribution in [0.5, 0.6) is 0 Å². The summed E-state index contributed by atoms with van der Waals surface area (Å²) in [7, 11) is 1.84. The average Bonchev–Trinajstić information content (AvgIpc) is 2.04. The Labute approximate surface area is 79.8 Å². The van der Waals surface area contributed by atoms with Crippen LogP contribution in [-0.4, -0.2) is 31.6 Å². The molecule has 1 heterocycles. The van der Waals surface area contributed by atoms with Gasteiger partial charge >= 0.3 is 0 Å². The molecule has 0 amide bonds. The zero-order valence-electron chi connectivity index (χ0n) is 8.62. The Morgan fingerprint density at radius 3 is 2.31 bits per heavy atom. The normalized spacial score (nSPS) is 37.0. The minimum absolute atomic E-state index is 0.00574. The first-order chi connectivity index (χ1) is 6.17. The molecule has 0 spiro atoms. The van der Waals surface area contributed by atoms with E-state index in [0.29, 0.717) is 5.92 Å². The SMILES string of the molecule is CNC(C=O)C1CC(C)O[C@H](C)C1. The van der Waals surface area contributed by atoms with E-state index in [4.69, 9.17) is 4.74 Å². The maximum absolute atomic E-state index is 10.7. The molecule has 0 radical (unpaired) electrons. The highest BCUT2D eigenvalue weighted by Crippen LogP contribution is 2.26. The van der Waals surface area contributed by atoms with Gasteiger partial charge in [0.2, 0.25) is 0 Å². The van der Waals surface area contributed by atoms with Crippen LogP contribution in [0.15, 0.2) is 0 Å². The summed E-state index contributed by atoms with van der Waals surface area (Å²) in [5, 5.41) is 3.04. The van der Waals surface area contributed by atoms with Crippen LogP contribution in [0.1, 0.15) is 26.7 Å². The highest BCUT2D eigenvalue weighted by atomic mass is 16.5. The number of rotatable bonds is 3. The van der Waals surface area contributed by atoms with Crippen LogP contribution in [0.25, 0.3) is 0 Å². The predicted octanol–water partition coefficient (Wildman–Crippen LogP) is 0.977. The van der Waals surface area contributed by atoms with Crippen molar-refractivity contribution in [2.24, 2.45) is 5.92 Å². The molecule has 1 fully saturated rings.